The molecule has 3 aromatic rings. The first-order valence-electron chi connectivity index (χ1n) is 7.19. The lowest BCUT2D eigenvalue weighted by molar-refractivity contribution is 0.1000. The fourth-order valence-electron chi connectivity index (χ4n) is 2.17. The van der Waals surface area contributed by atoms with Crippen molar-refractivity contribution >= 4 is 21.6 Å². The number of carbonyl (C=O) groups excluding carboxylic acids is 1. The minimum atomic E-state index is -3.87. The number of carbonyl (C=O) groups is 1. The summed E-state index contributed by atoms with van der Waals surface area (Å²) in [5, 5.41) is 7.65. The number of nitrogens with two attached hydrogens (primary N) is 1. The van der Waals surface area contributed by atoms with Gasteiger partial charge in [-0.3, -0.25) is 9.52 Å². The number of nitrogens with one attached hydrogen (secondary N) is 1. The molecule has 0 radical (unpaired) electrons. The Morgan fingerprint density at radius 1 is 1.08 bits per heavy atom. The third kappa shape index (κ3) is 3.50. The van der Waals surface area contributed by atoms with Gasteiger partial charge in [-0.2, -0.15) is 0 Å². The van der Waals surface area contributed by atoms with Crippen LogP contribution in [0, 0.1) is 6.92 Å². The summed E-state index contributed by atoms with van der Waals surface area (Å²) in [5.41, 5.74) is 6.13. The predicted molar refractivity (Wildman–Crippen MR) is 90.2 cm³/mol. The minimum Gasteiger partial charge on any atom is -0.421 e. The summed E-state index contributed by atoms with van der Waals surface area (Å²) < 4.78 is 33.0. The maximum absolute atomic E-state index is 12.6. The van der Waals surface area contributed by atoms with Crippen LogP contribution in [0.1, 0.15) is 16.2 Å². The average Bonchev–Trinajstić information content (AvgIpc) is 3.01. The lowest BCUT2D eigenvalue weighted by Gasteiger charge is -2.11. The Balaban J connectivity index is 1.95. The van der Waals surface area contributed by atoms with Gasteiger partial charge in [-0.25, -0.2) is 8.42 Å². The molecule has 25 heavy (non-hydrogen) atoms. The average molecular weight is 358 g/mol. The Morgan fingerprint density at radius 3 is 2.36 bits per heavy atom. The van der Waals surface area contributed by atoms with Gasteiger partial charge in [0.1, 0.15) is 0 Å². The highest BCUT2D eigenvalue weighted by molar-refractivity contribution is 7.92. The number of amides is 1. The lowest BCUT2D eigenvalue weighted by atomic mass is 10.2. The van der Waals surface area contributed by atoms with Crippen molar-refractivity contribution in [3.8, 4) is 11.5 Å². The number of sulfonamides is 1. The Morgan fingerprint density at radius 2 is 1.76 bits per heavy atom. The second-order valence-corrected chi connectivity index (χ2v) is 6.85. The largest absolute Gasteiger partial charge is 0.421 e. The summed E-state index contributed by atoms with van der Waals surface area (Å²) in [6.45, 7) is 1.64. The van der Waals surface area contributed by atoms with E-state index in [9.17, 15) is 13.2 Å². The van der Waals surface area contributed by atoms with E-state index in [0.717, 1.165) is 0 Å². The van der Waals surface area contributed by atoms with Gasteiger partial charge in [0.15, 0.2) is 0 Å². The van der Waals surface area contributed by atoms with Crippen LogP contribution in [0.4, 0.5) is 5.69 Å². The van der Waals surface area contributed by atoms with E-state index in [-0.39, 0.29) is 16.3 Å². The summed E-state index contributed by atoms with van der Waals surface area (Å²) in [6.07, 6.45) is 0. The number of nitrogens with zero attached hydrogens (tertiary/aromatic N) is 2. The molecule has 8 nitrogen and oxygen atoms in total. The number of hydrogen-bond donors (Lipinski definition) is 2. The van der Waals surface area contributed by atoms with Gasteiger partial charge in [-0.05, 0) is 36.4 Å². The van der Waals surface area contributed by atoms with Crippen LogP contribution in [0.2, 0.25) is 0 Å². The van der Waals surface area contributed by atoms with Crippen molar-refractivity contribution in [2.45, 2.75) is 11.8 Å². The molecular formula is C16H14N4O4S. The third-order valence-corrected chi connectivity index (χ3v) is 4.76. The summed E-state index contributed by atoms with van der Waals surface area (Å²) in [5.74, 6) is -0.0522. The van der Waals surface area contributed by atoms with Gasteiger partial charge in [0.05, 0.1) is 16.1 Å². The van der Waals surface area contributed by atoms with Crippen molar-refractivity contribution in [2.75, 3.05) is 4.72 Å². The monoisotopic (exact) mass is 358 g/mol. The van der Waals surface area contributed by atoms with Gasteiger partial charge < -0.3 is 10.2 Å². The van der Waals surface area contributed by atoms with Crippen molar-refractivity contribution in [3.63, 3.8) is 0 Å². The first-order valence-corrected chi connectivity index (χ1v) is 8.67. The molecule has 0 saturated carbocycles. The Labute approximate surface area is 143 Å². The first kappa shape index (κ1) is 16.7. The zero-order chi connectivity index (χ0) is 18.0. The van der Waals surface area contributed by atoms with Crippen LogP contribution in [0.15, 0.2) is 57.8 Å². The molecule has 0 spiro atoms. The van der Waals surface area contributed by atoms with E-state index in [2.05, 4.69) is 14.9 Å². The molecule has 0 unspecified atom stereocenters. The summed E-state index contributed by atoms with van der Waals surface area (Å²) in [4.78, 5) is 11.1. The fourth-order valence-corrected chi connectivity index (χ4v) is 3.25. The minimum absolute atomic E-state index is 0.00554. The van der Waals surface area contributed by atoms with E-state index in [1.54, 1.807) is 31.2 Å². The number of hydrogen-bond acceptors (Lipinski definition) is 6. The van der Waals surface area contributed by atoms with Gasteiger partial charge in [0, 0.05) is 12.5 Å². The number of benzene rings is 2. The van der Waals surface area contributed by atoms with E-state index >= 15 is 0 Å². The van der Waals surface area contributed by atoms with Crippen LogP contribution in [0.25, 0.3) is 11.5 Å². The quantitative estimate of drug-likeness (QED) is 0.717. The standard InChI is InChI=1S/C16H14N4O4S/c1-10-18-19-16(24-10)13-4-2-3-5-14(13)20-25(22,23)12-8-6-11(7-9-12)15(17)21/h2-9,20H,1H3,(H2,17,21). The van der Waals surface area contributed by atoms with Crippen LogP contribution >= 0.6 is 0 Å². The summed E-state index contributed by atoms with van der Waals surface area (Å²) in [6, 6.07) is 12.0. The third-order valence-electron chi connectivity index (χ3n) is 3.38. The molecule has 1 aromatic heterocycles. The number of primary amides is 1. The fraction of sp³-hybridized carbons (Fsp3) is 0.0625. The molecule has 3 N–H and O–H groups in total. The molecule has 0 bridgehead atoms. The van der Waals surface area contributed by atoms with Crippen LogP contribution < -0.4 is 10.5 Å². The van der Waals surface area contributed by atoms with Gasteiger partial charge >= 0.3 is 0 Å². The second kappa shape index (κ2) is 6.36. The van der Waals surface area contributed by atoms with Gasteiger partial charge in [-0.1, -0.05) is 12.1 Å². The van der Waals surface area contributed by atoms with E-state index in [4.69, 9.17) is 10.2 Å². The Hall–Kier alpha value is -3.20. The summed E-state index contributed by atoms with van der Waals surface area (Å²) in [7, 11) is -3.87. The molecule has 0 fully saturated rings. The topological polar surface area (TPSA) is 128 Å². The van der Waals surface area contributed by atoms with Crippen molar-refractivity contribution in [1.82, 2.24) is 10.2 Å². The number of aryl methyl sites for hydroxylation is 1. The molecule has 0 saturated heterocycles. The normalized spacial score (nSPS) is 11.2. The van der Waals surface area contributed by atoms with Gasteiger partial charge in [0.2, 0.25) is 17.7 Å². The predicted octanol–water partition coefficient (Wildman–Crippen LogP) is 1.94. The van der Waals surface area contributed by atoms with Crippen molar-refractivity contribution in [3.05, 3.63) is 60.0 Å². The summed E-state index contributed by atoms with van der Waals surface area (Å²) >= 11 is 0. The van der Waals surface area contributed by atoms with Crippen LogP contribution in [-0.2, 0) is 10.0 Å². The maximum Gasteiger partial charge on any atom is 0.261 e. The lowest BCUT2D eigenvalue weighted by Crippen LogP contribution is -2.15. The highest BCUT2D eigenvalue weighted by Crippen LogP contribution is 2.28. The molecule has 0 aliphatic rings. The SMILES string of the molecule is Cc1nnc(-c2ccccc2NS(=O)(=O)c2ccc(C(N)=O)cc2)o1. The molecule has 1 amide bonds. The van der Waals surface area contributed by atoms with E-state index < -0.39 is 15.9 Å². The number of para-hydroxylation sites is 1. The van der Waals surface area contributed by atoms with Gasteiger partial charge in [-0.15, -0.1) is 10.2 Å². The molecule has 0 aliphatic carbocycles. The maximum atomic E-state index is 12.6. The smallest absolute Gasteiger partial charge is 0.261 e. The molecule has 128 valence electrons. The highest BCUT2D eigenvalue weighted by atomic mass is 32.2. The number of aromatic nitrogens is 2. The zero-order valence-corrected chi connectivity index (χ0v) is 13.9. The number of anilines is 1. The molecular weight excluding hydrogens is 344 g/mol. The van der Waals surface area contributed by atoms with E-state index in [0.29, 0.717) is 17.1 Å². The highest BCUT2D eigenvalue weighted by Gasteiger charge is 2.18. The zero-order valence-electron chi connectivity index (χ0n) is 13.1. The number of rotatable bonds is 5. The van der Waals surface area contributed by atoms with Crippen molar-refractivity contribution < 1.29 is 17.6 Å². The molecule has 1 heterocycles. The second-order valence-electron chi connectivity index (χ2n) is 5.17. The molecule has 2 aromatic carbocycles. The first-order chi connectivity index (χ1) is 11.9. The Kier molecular flexibility index (Phi) is 4.24. The van der Waals surface area contributed by atoms with Gasteiger partial charge in [0.25, 0.3) is 10.0 Å². The van der Waals surface area contributed by atoms with Crippen molar-refractivity contribution in [1.29, 1.82) is 0 Å². The molecule has 3 rings (SSSR count). The van der Waals surface area contributed by atoms with E-state index in [1.165, 1.54) is 24.3 Å². The van der Waals surface area contributed by atoms with Crippen LogP contribution in [0.5, 0.6) is 0 Å². The molecule has 0 atom stereocenters. The Bertz CT molecular complexity index is 1030. The molecule has 0 aliphatic heterocycles. The molecule has 9 heteroatoms. The van der Waals surface area contributed by atoms with Crippen LogP contribution in [0.3, 0.4) is 0 Å². The van der Waals surface area contributed by atoms with Crippen molar-refractivity contribution in [2.24, 2.45) is 5.73 Å². The van der Waals surface area contributed by atoms with E-state index in [1.807, 2.05) is 0 Å². The van der Waals surface area contributed by atoms with Crippen LogP contribution in [-0.4, -0.2) is 24.5 Å².